The topological polar surface area (TPSA) is 108 Å². The Labute approximate surface area is 496 Å². The van der Waals surface area contributed by atoms with Crippen LogP contribution in [0.1, 0.15) is 335 Å². The average Bonchev–Trinajstić information content (AvgIpc) is 3.42. The zero-order valence-corrected chi connectivity index (χ0v) is 54.5. The van der Waals surface area contributed by atoms with Crippen LogP contribution in [-0.2, 0) is 32.7 Å². The predicted octanol–water partition coefficient (Wildman–Crippen LogP) is 22.1. The van der Waals surface area contributed by atoms with Crippen molar-refractivity contribution in [2.45, 2.75) is 341 Å². The summed E-state index contributed by atoms with van der Waals surface area (Å²) in [4.78, 5) is 35.8. The van der Waals surface area contributed by atoms with Crippen molar-refractivity contribution >= 4 is 19.8 Å². The first kappa shape index (κ1) is 78.0. The minimum atomic E-state index is -4.39. The van der Waals surface area contributed by atoms with Crippen LogP contribution in [0, 0.1) is 0 Å². The summed E-state index contributed by atoms with van der Waals surface area (Å²) in [5, 5.41) is 0. The highest BCUT2D eigenvalue weighted by molar-refractivity contribution is 7.47. The third-order valence-electron chi connectivity index (χ3n) is 15.4. The molecule has 0 amide bonds. The van der Waals surface area contributed by atoms with Crippen molar-refractivity contribution in [2.75, 3.05) is 47.5 Å². The van der Waals surface area contributed by atoms with E-state index in [0.29, 0.717) is 23.9 Å². The number of quaternary nitrogens is 1. The molecule has 0 aliphatic rings. The van der Waals surface area contributed by atoms with Crippen LogP contribution in [0.15, 0.2) is 48.6 Å². The van der Waals surface area contributed by atoms with E-state index in [1.165, 1.54) is 244 Å². The Bertz CT molecular complexity index is 1490. The van der Waals surface area contributed by atoms with Crippen molar-refractivity contribution in [3.63, 3.8) is 0 Å². The van der Waals surface area contributed by atoms with Gasteiger partial charge in [-0.2, -0.15) is 0 Å². The molecule has 10 heteroatoms. The van der Waals surface area contributed by atoms with E-state index in [4.69, 9.17) is 18.5 Å². The number of unbranched alkanes of at least 4 members (excludes halogenated alkanes) is 42. The van der Waals surface area contributed by atoms with Gasteiger partial charge in [-0.25, -0.2) is 4.57 Å². The molecule has 2 atom stereocenters. The quantitative estimate of drug-likeness (QED) is 0.0211. The zero-order valence-electron chi connectivity index (χ0n) is 53.6. The van der Waals surface area contributed by atoms with E-state index in [1.54, 1.807) is 0 Å². The van der Waals surface area contributed by atoms with Crippen LogP contribution in [0.4, 0.5) is 0 Å². The van der Waals surface area contributed by atoms with Gasteiger partial charge in [0.05, 0.1) is 27.7 Å². The van der Waals surface area contributed by atoms with E-state index in [-0.39, 0.29) is 25.6 Å². The number of ether oxygens (including phenoxy) is 2. The van der Waals surface area contributed by atoms with E-state index in [1.807, 2.05) is 21.1 Å². The normalized spacial score (nSPS) is 13.4. The van der Waals surface area contributed by atoms with Gasteiger partial charge in [0.25, 0.3) is 0 Å². The molecule has 0 saturated carbocycles. The van der Waals surface area contributed by atoms with Gasteiger partial charge in [-0.05, 0) is 51.4 Å². The third-order valence-corrected chi connectivity index (χ3v) is 16.4. The number of likely N-dealkylation sites (N-methyl/N-ethyl adjacent to an activating group) is 1. The van der Waals surface area contributed by atoms with Crippen molar-refractivity contribution < 1.29 is 42.1 Å². The van der Waals surface area contributed by atoms with E-state index < -0.39 is 26.5 Å². The second-order valence-corrected chi connectivity index (χ2v) is 26.0. The minimum absolute atomic E-state index is 0.0351. The molecule has 0 aromatic rings. The van der Waals surface area contributed by atoms with Crippen LogP contribution < -0.4 is 0 Å². The number of nitrogens with zero attached hydrogens (tertiary/aromatic N) is 1. The number of phosphoric acid groups is 1. The highest BCUT2D eigenvalue weighted by Gasteiger charge is 2.27. The van der Waals surface area contributed by atoms with Gasteiger partial charge in [0.2, 0.25) is 0 Å². The van der Waals surface area contributed by atoms with Crippen LogP contribution in [-0.4, -0.2) is 74.9 Å². The molecule has 0 aliphatic carbocycles. The standard InChI is InChI=1S/C70H132NO8P/c1-6-8-10-12-14-16-18-20-22-24-26-27-28-29-30-31-32-33-34-35-36-37-38-39-40-41-42-43-45-47-49-51-53-55-57-59-61-63-70(73)79-68(67-78-80(74,75)77-65-64-71(3,4)5)66-76-69(72)62-60-58-56-54-52-50-48-46-44-25-23-21-19-17-15-13-11-9-7-2/h8,10,14,16,20,22,26-27,68H,6-7,9,11-13,15,17-19,21,23-25,28-67H2,1-5H3/p+1/b10-8-,16-14-,22-20-,27-26-. The lowest BCUT2D eigenvalue weighted by molar-refractivity contribution is -0.870. The number of phosphoric ester groups is 1. The number of esters is 2. The molecule has 0 fully saturated rings. The summed E-state index contributed by atoms with van der Waals surface area (Å²) in [7, 11) is 1.50. The Balaban J connectivity index is 3.93. The maximum atomic E-state index is 12.9. The number of carbonyl (C=O) groups is 2. The zero-order chi connectivity index (χ0) is 58.4. The van der Waals surface area contributed by atoms with E-state index in [9.17, 15) is 19.0 Å². The number of allylic oxidation sites excluding steroid dienone is 8. The molecular weight excluding hydrogens is 1010 g/mol. The first-order chi connectivity index (χ1) is 39.0. The minimum Gasteiger partial charge on any atom is -0.462 e. The summed E-state index contributed by atoms with van der Waals surface area (Å²) in [5.41, 5.74) is 0. The number of hydrogen-bond acceptors (Lipinski definition) is 7. The van der Waals surface area contributed by atoms with Crippen LogP contribution in [0.25, 0.3) is 0 Å². The van der Waals surface area contributed by atoms with Crippen LogP contribution in [0.5, 0.6) is 0 Å². The second kappa shape index (κ2) is 61.5. The molecule has 470 valence electrons. The maximum Gasteiger partial charge on any atom is 0.472 e. The number of carbonyl (C=O) groups excluding carboxylic acids is 2. The molecule has 0 heterocycles. The van der Waals surface area contributed by atoms with Crippen LogP contribution >= 0.6 is 7.82 Å². The Morgan fingerprint density at radius 3 is 1.06 bits per heavy atom. The van der Waals surface area contributed by atoms with Crippen molar-refractivity contribution in [2.24, 2.45) is 0 Å². The second-order valence-electron chi connectivity index (χ2n) is 24.5. The number of rotatable bonds is 64. The Hall–Kier alpha value is -2.03. The summed E-state index contributed by atoms with van der Waals surface area (Å²) >= 11 is 0. The van der Waals surface area contributed by atoms with Crippen molar-refractivity contribution in [3.05, 3.63) is 48.6 Å². The molecule has 0 saturated heterocycles. The van der Waals surface area contributed by atoms with Gasteiger partial charge >= 0.3 is 19.8 Å². The largest absolute Gasteiger partial charge is 0.472 e. The Morgan fingerprint density at radius 2 is 0.713 bits per heavy atom. The average molecular weight is 1150 g/mol. The molecule has 80 heavy (non-hydrogen) atoms. The molecule has 0 aromatic heterocycles. The number of hydrogen-bond donors (Lipinski definition) is 1. The first-order valence-corrected chi connectivity index (χ1v) is 35.9. The smallest absolute Gasteiger partial charge is 0.462 e. The highest BCUT2D eigenvalue weighted by atomic mass is 31.2. The lowest BCUT2D eigenvalue weighted by Gasteiger charge is -2.24. The van der Waals surface area contributed by atoms with E-state index in [0.717, 1.165) is 57.8 Å². The predicted molar refractivity (Wildman–Crippen MR) is 344 cm³/mol. The molecular formula is C70H133NO8P+. The van der Waals surface area contributed by atoms with Crippen LogP contribution in [0.2, 0.25) is 0 Å². The molecule has 0 bridgehead atoms. The summed E-state index contributed by atoms with van der Waals surface area (Å²) in [5.74, 6) is -0.775. The third kappa shape index (κ3) is 65.1. The maximum absolute atomic E-state index is 12.9. The van der Waals surface area contributed by atoms with E-state index >= 15 is 0 Å². The summed E-state index contributed by atoms with van der Waals surface area (Å²) in [6, 6.07) is 0. The van der Waals surface area contributed by atoms with Crippen molar-refractivity contribution in [1.82, 2.24) is 0 Å². The molecule has 0 aromatic carbocycles. The molecule has 1 N–H and O–H groups in total. The van der Waals surface area contributed by atoms with Crippen LogP contribution in [0.3, 0.4) is 0 Å². The first-order valence-electron chi connectivity index (χ1n) is 34.4. The molecule has 9 nitrogen and oxygen atoms in total. The van der Waals surface area contributed by atoms with Gasteiger partial charge < -0.3 is 18.9 Å². The molecule has 0 rings (SSSR count). The fourth-order valence-electron chi connectivity index (χ4n) is 10.1. The summed E-state index contributed by atoms with van der Waals surface area (Å²) in [6.45, 7) is 4.39. The van der Waals surface area contributed by atoms with Crippen molar-refractivity contribution in [1.29, 1.82) is 0 Å². The molecule has 2 unspecified atom stereocenters. The Morgan fingerprint density at radius 1 is 0.400 bits per heavy atom. The monoisotopic (exact) mass is 1150 g/mol. The fourth-order valence-corrected chi connectivity index (χ4v) is 10.9. The Kier molecular flexibility index (Phi) is 60.0. The molecule has 0 spiro atoms. The molecule has 0 aliphatic heterocycles. The van der Waals surface area contributed by atoms with Gasteiger partial charge in [0.15, 0.2) is 6.10 Å². The highest BCUT2D eigenvalue weighted by Crippen LogP contribution is 2.43. The lowest BCUT2D eigenvalue weighted by atomic mass is 10.0. The van der Waals surface area contributed by atoms with Gasteiger partial charge in [0, 0.05) is 12.8 Å². The van der Waals surface area contributed by atoms with Gasteiger partial charge in [-0.15, -0.1) is 0 Å². The van der Waals surface area contributed by atoms with Gasteiger partial charge in [-0.3, -0.25) is 18.6 Å². The summed E-state index contributed by atoms with van der Waals surface area (Å²) in [6.07, 6.45) is 79.4. The SMILES string of the molecule is CC/C=C\C/C=C\C/C=C\C/C=C\CCCCCCCCCCCCCCCCCCCCCCCCCCC(=O)OC(COC(=O)CCCCCCCCCCCCCCCCCCCCC)COP(=O)(O)OCC[N+](C)(C)C. The van der Waals surface area contributed by atoms with Gasteiger partial charge in [-0.1, -0.05) is 319 Å². The van der Waals surface area contributed by atoms with E-state index in [2.05, 4.69) is 62.5 Å². The lowest BCUT2D eigenvalue weighted by Crippen LogP contribution is -2.37. The van der Waals surface area contributed by atoms with Gasteiger partial charge in [0.1, 0.15) is 19.8 Å². The fraction of sp³-hybridized carbons (Fsp3) is 0.857. The molecule has 0 radical (unpaired) electrons. The summed E-state index contributed by atoms with van der Waals surface area (Å²) < 4.78 is 34.7. The van der Waals surface area contributed by atoms with Crippen molar-refractivity contribution in [3.8, 4) is 0 Å².